The van der Waals surface area contributed by atoms with Crippen molar-refractivity contribution in [3.63, 3.8) is 0 Å². The molecule has 1 aromatic carbocycles. The lowest BCUT2D eigenvalue weighted by Crippen LogP contribution is -2.37. The van der Waals surface area contributed by atoms with E-state index < -0.39 is 0 Å². The van der Waals surface area contributed by atoms with Crippen molar-refractivity contribution in [2.24, 2.45) is 5.92 Å². The fourth-order valence-corrected chi connectivity index (χ4v) is 2.22. The predicted molar refractivity (Wildman–Crippen MR) is 73.3 cm³/mol. The minimum atomic E-state index is -0.181. The summed E-state index contributed by atoms with van der Waals surface area (Å²) in [6.45, 7) is 7.41. The second-order valence-corrected chi connectivity index (χ2v) is 4.37. The first-order chi connectivity index (χ1) is 8.65. The second kappa shape index (κ2) is 7.17. The zero-order valence-corrected chi connectivity index (χ0v) is 11.7. The molecule has 100 valence electrons. The van der Waals surface area contributed by atoms with E-state index in [4.69, 9.17) is 4.74 Å². The van der Waals surface area contributed by atoms with Crippen LogP contribution in [0.2, 0.25) is 0 Å². The molecule has 1 amide bonds. The highest BCUT2D eigenvalue weighted by molar-refractivity contribution is 5.79. The number of benzene rings is 1. The van der Waals surface area contributed by atoms with Gasteiger partial charge in [0.25, 0.3) is 0 Å². The Morgan fingerprint density at radius 1 is 1.22 bits per heavy atom. The molecule has 0 saturated heterocycles. The van der Waals surface area contributed by atoms with Gasteiger partial charge in [-0.3, -0.25) is 4.79 Å². The van der Waals surface area contributed by atoms with Crippen molar-refractivity contribution in [3.05, 3.63) is 35.9 Å². The fraction of sp³-hybridized carbons (Fsp3) is 0.533. The van der Waals surface area contributed by atoms with E-state index in [-0.39, 0.29) is 17.9 Å². The van der Waals surface area contributed by atoms with Gasteiger partial charge >= 0.3 is 0 Å². The third-order valence-corrected chi connectivity index (χ3v) is 3.30. The van der Waals surface area contributed by atoms with Crippen LogP contribution in [0.5, 0.6) is 0 Å². The molecule has 0 radical (unpaired) electrons. The van der Waals surface area contributed by atoms with Crippen molar-refractivity contribution in [2.75, 3.05) is 20.2 Å². The molecule has 18 heavy (non-hydrogen) atoms. The van der Waals surface area contributed by atoms with Gasteiger partial charge in [-0.1, -0.05) is 37.3 Å². The van der Waals surface area contributed by atoms with Crippen LogP contribution in [0.25, 0.3) is 0 Å². The molecular weight excluding hydrogens is 226 g/mol. The maximum absolute atomic E-state index is 12.3. The molecule has 2 atom stereocenters. The number of carbonyl (C=O) groups is 1. The highest BCUT2D eigenvalue weighted by Crippen LogP contribution is 2.26. The predicted octanol–water partition coefficient (Wildman–Crippen LogP) is 2.88. The summed E-state index contributed by atoms with van der Waals surface area (Å²) >= 11 is 0. The topological polar surface area (TPSA) is 29.5 Å². The molecule has 0 fully saturated rings. The number of carbonyl (C=O) groups excluding carboxylic acids is 1. The van der Waals surface area contributed by atoms with Crippen LogP contribution >= 0.6 is 0 Å². The van der Waals surface area contributed by atoms with Crippen LogP contribution in [-0.2, 0) is 9.53 Å². The molecule has 0 N–H and O–H groups in total. The summed E-state index contributed by atoms with van der Waals surface area (Å²) in [6.07, 6.45) is -0.181. The number of hydrogen-bond donors (Lipinski definition) is 0. The van der Waals surface area contributed by atoms with Gasteiger partial charge in [0.1, 0.15) is 0 Å². The molecule has 0 aromatic heterocycles. The smallest absolute Gasteiger partial charge is 0.228 e. The van der Waals surface area contributed by atoms with Gasteiger partial charge in [-0.05, 0) is 19.4 Å². The number of rotatable bonds is 6. The van der Waals surface area contributed by atoms with Gasteiger partial charge in [0, 0.05) is 20.2 Å². The van der Waals surface area contributed by atoms with E-state index in [9.17, 15) is 4.79 Å². The lowest BCUT2D eigenvalue weighted by atomic mass is 9.96. The summed E-state index contributed by atoms with van der Waals surface area (Å²) in [4.78, 5) is 14.2. The fourth-order valence-electron chi connectivity index (χ4n) is 2.22. The molecule has 0 spiro atoms. The standard InChI is InChI=1S/C15H23NO2/c1-5-16(6-2)15(17)12(3)14(18-4)13-10-8-7-9-11-13/h7-12,14H,5-6H2,1-4H3/t12-,14+/m0/s1. The van der Waals surface area contributed by atoms with Crippen molar-refractivity contribution >= 4 is 5.91 Å². The molecule has 3 nitrogen and oxygen atoms in total. The Hall–Kier alpha value is -1.35. The molecule has 0 aliphatic rings. The molecular formula is C15H23NO2. The Labute approximate surface area is 110 Å². The summed E-state index contributed by atoms with van der Waals surface area (Å²) in [6, 6.07) is 9.90. The lowest BCUT2D eigenvalue weighted by Gasteiger charge is -2.28. The summed E-state index contributed by atoms with van der Waals surface area (Å²) in [5.74, 6) is -0.0204. The van der Waals surface area contributed by atoms with Gasteiger partial charge in [-0.2, -0.15) is 0 Å². The van der Waals surface area contributed by atoms with Crippen molar-refractivity contribution in [1.29, 1.82) is 0 Å². The average Bonchev–Trinajstić information content (AvgIpc) is 2.42. The maximum Gasteiger partial charge on any atom is 0.228 e. The third kappa shape index (κ3) is 3.33. The van der Waals surface area contributed by atoms with E-state index in [1.54, 1.807) is 7.11 Å². The van der Waals surface area contributed by atoms with E-state index in [1.165, 1.54) is 0 Å². The molecule has 0 aliphatic carbocycles. The first-order valence-corrected chi connectivity index (χ1v) is 6.52. The van der Waals surface area contributed by atoms with Gasteiger partial charge < -0.3 is 9.64 Å². The average molecular weight is 249 g/mol. The zero-order valence-electron chi connectivity index (χ0n) is 11.7. The van der Waals surface area contributed by atoms with Crippen LogP contribution in [-0.4, -0.2) is 31.0 Å². The number of amides is 1. The van der Waals surface area contributed by atoms with E-state index in [0.717, 1.165) is 18.7 Å². The van der Waals surface area contributed by atoms with E-state index in [2.05, 4.69) is 0 Å². The van der Waals surface area contributed by atoms with Crippen LogP contribution in [0, 0.1) is 5.92 Å². The highest BCUT2D eigenvalue weighted by Gasteiger charge is 2.27. The third-order valence-electron chi connectivity index (χ3n) is 3.30. The van der Waals surface area contributed by atoms with Gasteiger partial charge in [-0.15, -0.1) is 0 Å². The minimum Gasteiger partial charge on any atom is -0.376 e. The van der Waals surface area contributed by atoms with Gasteiger partial charge in [0.05, 0.1) is 12.0 Å². The first kappa shape index (κ1) is 14.7. The van der Waals surface area contributed by atoms with Crippen molar-refractivity contribution < 1.29 is 9.53 Å². The number of methoxy groups -OCH3 is 1. The highest BCUT2D eigenvalue weighted by atomic mass is 16.5. The molecule has 1 rings (SSSR count). The van der Waals surface area contributed by atoms with E-state index in [0.29, 0.717) is 0 Å². The monoisotopic (exact) mass is 249 g/mol. The van der Waals surface area contributed by atoms with Crippen molar-refractivity contribution in [2.45, 2.75) is 26.9 Å². The Morgan fingerprint density at radius 2 is 1.78 bits per heavy atom. The Morgan fingerprint density at radius 3 is 2.22 bits per heavy atom. The van der Waals surface area contributed by atoms with Crippen molar-refractivity contribution in [1.82, 2.24) is 4.90 Å². The van der Waals surface area contributed by atoms with Crippen molar-refractivity contribution in [3.8, 4) is 0 Å². The SMILES string of the molecule is CCN(CC)C(=O)[C@@H](C)[C@@H](OC)c1ccccc1. The lowest BCUT2D eigenvalue weighted by molar-refractivity contribution is -0.139. The number of nitrogens with zero attached hydrogens (tertiary/aromatic N) is 1. The van der Waals surface area contributed by atoms with Gasteiger partial charge in [0.15, 0.2) is 0 Å². The quantitative estimate of drug-likeness (QED) is 0.776. The zero-order chi connectivity index (χ0) is 13.5. The number of ether oxygens (including phenoxy) is 1. The van der Waals surface area contributed by atoms with Gasteiger partial charge in [-0.25, -0.2) is 0 Å². The summed E-state index contributed by atoms with van der Waals surface area (Å²) in [5, 5.41) is 0. The molecule has 3 heteroatoms. The van der Waals surface area contributed by atoms with E-state index in [1.807, 2.05) is 56.0 Å². The minimum absolute atomic E-state index is 0.149. The van der Waals surface area contributed by atoms with Gasteiger partial charge in [0.2, 0.25) is 5.91 Å². The molecule has 0 heterocycles. The van der Waals surface area contributed by atoms with Crippen LogP contribution in [0.4, 0.5) is 0 Å². The molecule has 1 aromatic rings. The maximum atomic E-state index is 12.3. The summed E-state index contributed by atoms with van der Waals surface area (Å²) in [5.41, 5.74) is 1.05. The Balaban J connectivity index is 2.86. The Kier molecular flexibility index (Phi) is 5.86. The first-order valence-electron chi connectivity index (χ1n) is 6.52. The Bertz CT molecular complexity index is 360. The summed E-state index contributed by atoms with van der Waals surface area (Å²) in [7, 11) is 1.66. The van der Waals surface area contributed by atoms with Crippen LogP contribution in [0.3, 0.4) is 0 Å². The van der Waals surface area contributed by atoms with Crippen LogP contribution in [0.15, 0.2) is 30.3 Å². The molecule has 0 unspecified atom stereocenters. The summed E-state index contributed by atoms with van der Waals surface area (Å²) < 4.78 is 5.51. The normalized spacial score (nSPS) is 14.0. The molecule has 0 aliphatic heterocycles. The van der Waals surface area contributed by atoms with E-state index >= 15 is 0 Å². The van der Waals surface area contributed by atoms with Crippen LogP contribution in [0.1, 0.15) is 32.4 Å². The molecule has 0 bridgehead atoms. The molecule has 0 saturated carbocycles. The largest absolute Gasteiger partial charge is 0.376 e. The van der Waals surface area contributed by atoms with Crippen LogP contribution < -0.4 is 0 Å². The number of hydrogen-bond acceptors (Lipinski definition) is 2. The second-order valence-electron chi connectivity index (χ2n) is 4.37.